The van der Waals surface area contributed by atoms with Gasteiger partial charge in [-0.15, -0.1) is 0 Å². The Bertz CT molecular complexity index is 321. The van der Waals surface area contributed by atoms with Gasteiger partial charge in [0.25, 0.3) is 0 Å². The fourth-order valence-electron chi connectivity index (χ4n) is 2.40. The van der Waals surface area contributed by atoms with Crippen molar-refractivity contribution in [1.29, 1.82) is 0 Å². The molecule has 2 atom stereocenters. The van der Waals surface area contributed by atoms with Gasteiger partial charge in [0.15, 0.2) is 0 Å². The minimum atomic E-state index is -0.786. The number of aromatic amines is 1. The molecule has 14 heavy (non-hydrogen) atoms. The number of fused-ring (bicyclic) bond motifs is 1. The van der Waals surface area contributed by atoms with Gasteiger partial charge in [-0.2, -0.15) is 0 Å². The number of aromatic nitrogens is 1. The van der Waals surface area contributed by atoms with Crippen molar-refractivity contribution >= 4 is 0 Å². The minimum Gasteiger partial charge on any atom is -0.383 e. The first-order valence-corrected chi connectivity index (χ1v) is 5.33. The molecule has 3 nitrogen and oxygen atoms in total. The van der Waals surface area contributed by atoms with Crippen LogP contribution in [0.5, 0.6) is 0 Å². The van der Waals surface area contributed by atoms with E-state index in [0.717, 1.165) is 36.9 Å². The van der Waals surface area contributed by atoms with E-state index in [1.165, 1.54) is 0 Å². The topological polar surface area (TPSA) is 62.0 Å². The quantitative estimate of drug-likeness (QED) is 0.678. The normalized spacial score (nSPS) is 27.6. The largest absolute Gasteiger partial charge is 0.383 e. The second-order valence-electron chi connectivity index (χ2n) is 4.19. The third-order valence-corrected chi connectivity index (χ3v) is 3.27. The first kappa shape index (κ1) is 9.74. The third kappa shape index (κ3) is 1.28. The molecule has 4 N–H and O–H groups in total. The lowest BCUT2D eigenvalue weighted by molar-refractivity contribution is 0.00854. The van der Waals surface area contributed by atoms with E-state index >= 15 is 0 Å². The Morgan fingerprint density at radius 2 is 2.50 bits per heavy atom. The standard InChI is InChI=1S/C11H18N2O/c1-2-3-10(12)11(14)6-4-9-8(11)5-7-13-9/h5,7,10,13-14H,2-4,6,12H2,1H3. The second-order valence-corrected chi connectivity index (χ2v) is 4.19. The van der Waals surface area contributed by atoms with Gasteiger partial charge in [-0.05, 0) is 25.3 Å². The van der Waals surface area contributed by atoms with Gasteiger partial charge in [0.2, 0.25) is 0 Å². The van der Waals surface area contributed by atoms with Crippen LogP contribution in [0.3, 0.4) is 0 Å². The molecule has 2 unspecified atom stereocenters. The summed E-state index contributed by atoms with van der Waals surface area (Å²) >= 11 is 0. The smallest absolute Gasteiger partial charge is 0.107 e. The van der Waals surface area contributed by atoms with Gasteiger partial charge in [-0.25, -0.2) is 0 Å². The lowest BCUT2D eigenvalue weighted by atomic mass is 9.87. The van der Waals surface area contributed by atoms with E-state index in [0.29, 0.717) is 0 Å². The summed E-state index contributed by atoms with van der Waals surface area (Å²) in [6.45, 7) is 2.09. The van der Waals surface area contributed by atoms with Gasteiger partial charge >= 0.3 is 0 Å². The molecule has 0 aromatic carbocycles. The molecule has 1 aliphatic carbocycles. The monoisotopic (exact) mass is 194 g/mol. The molecule has 1 aliphatic rings. The lowest BCUT2D eigenvalue weighted by Gasteiger charge is -2.30. The first-order valence-electron chi connectivity index (χ1n) is 5.33. The highest BCUT2D eigenvalue weighted by Crippen LogP contribution is 2.39. The first-order chi connectivity index (χ1) is 6.68. The number of nitrogens with two attached hydrogens (primary N) is 1. The van der Waals surface area contributed by atoms with E-state index in [4.69, 9.17) is 5.73 Å². The summed E-state index contributed by atoms with van der Waals surface area (Å²) in [6, 6.07) is 1.82. The molecule has 0 fully saturated rings. The number of hydrogen-bond acceptors (Lipinski definition) is 2. The summed E-state index contributed by atoms with van der Waals surface area (Å²) in [4.78, 5) is 3.15. The van der Waals surface area contributed by atoms with Crippen LogP contribution in [-0.2, 0) is 12.0 Å². The zero-order valence-electron chi connectivity index (χ0n) is 8.59. The van der Waals surface area contributed by atoms with Gasteiger partial charge < -0.3 is 15.8 Å². The van der Waals surface area contributed by atoms with Gasteiger partial charge in [0.05, 0.1) is 0 Å². The van der Waals surface area contributed by atoms with E-state index in [1.54, 1.807) is 0 Å². The summed E-state index contributed by atoms with van der Waals surface area (Å²) in [5.74, 6) is 0. The zero-order valence-corrected chi connectivity index (χ0v) is 8.59. The molecule has 0 amide bonds. The van der Waals surface area contributed by atoms with Crippen molar-refractivity contribution < 1.29 is 5.11 Å². The van der Waals surface area contributed by atoms with Crippen LogP contribution in [0.4, 0.5) is 0 Å². The molecule has 1 aromatic rings. The molecule has 3 heteroatoms. The van der Waals surface area contributed by atoms with Crippen LogP contribution in [0, 0.1) is 0 Å². The highest BCUT2D eigenvalue weighted by Gasteiger charge is 2.41. The maximum Gasteiger partial charge on any atom is 0.107 e. The Hall–Kier alpha value is -0.800. The average Bonchev–Trinajstić information content (AvgIpc) is 2.71. The number of H-pyrrole nitrogens is 1. The van der Waals surface area contributed by atoms with Crippen molar-refractivity contribution in [3.8, 4) is 0 Å². The Balaban J connectivity index is 2.26. The Labute approximate surface area is 84.3 Å². The maximum absolute atomic E-state index is 10.5. The van der Waals surface area contributed by atoms with Gasteiger partial charge in [0, 0.05) is 23.5 Å². The van der Waals surface area contributed by atoms with Crippen LogP contribution in [-0.4, -0.2) is 16.1 Å². The van der Waals surface area contributed by atoms with Crippen molar-refractivity contribution in [2.75, 3.05) is 0 Å². The van der Waals surface area contributed by atoms with Crippen LogP contribution in [0.15, 0.2) is 12.3 Å². The summed E-state index contributed by atoms with van der Waals surface area (Å²) < 4.78 is 0. The summed E-state index contributed by atoms with van der Waals surface area (Å²) in [5, 5.41) is 10.5. The van der Waals surface area contributed by atoms with Gasteiger partial charge in [-0.3, -0.25) is 0 Å². The molecule has 0 saturated carbocycles. The number of aliphatic hydroxyl groups is 1. The van der Waals surface area contributed by atoms with E-state index in [1.807, 2.05) is 12.3 Å². The van der Waals surface area contributed by atoms with Crippen LogP contribution in [0.2, 0.25) is 0 Å². The predicted molar refractivity (Wildman–Crippen MR) is 55.9 cm³/mol. The molecule has 1 aromatic heterocycles. The highest BCUT2D eigenvalue weighted by atomic mass is 16.3. The third-order valence-electron chi connectivity index (χ3n) is 3.27. The van der Waals surface area contributed by atoms with E-state index < -0.39 is 5.60 Å². The Morgan fingerprint density at radius 1 is 1.71 bits per heavy atom. The average molecular weight is 194 g/mol. The van der Waals surface area contributed by atoms with E-state index in [2.05, 4.69) is 11.9 Å². The van der Waals surface area contributed by atoms with E-state index in [-0.39, 0.29) is 6.04 Å². The lowest BCUT2D eigenvalue weighted by Crippen LogP contribution is -2.43. The highest BCUT2D eigenvalue weighted by molar-refractivity contribution is 5.34. The number of hydrogen-bond donors (Lipinski definition) is 3. The summed E-state index contributed by atoms with van der Waals surface area (Å²) in [6.07, 6.45) is 5.45. The molecule has 0 radical (unpaired) electrons. The molecule has 2 rings (SSSR count). The summed E-state index contributed by atoms with van der Waals surface area (Å²) in [5.41, 5.74) is 7.41. The summed E-state index contributed by atoms with van der Waals surface area (Å²) in [7, 11) is 0. The fourth-order valence-corrected chi connectivity index (χ4v) is 2.40. The van der Waals surface area contributed by atoms with Crippen LogP contribution in [0.1, 0.15) is 37.4 Å². The number of rotatable bonds is 3. The predicted octanol–water partition coefficient (Wildman–Crippen LogP) is 1.28. The van der Waals surface area contributed by atoms with E-state index in [9.17, 15) is 5.11 Å². The Morgan fingerprint density at radius 3 is 3.21 bits per heavy atom. The van der Waals surface area contributed by atoms with Crippen LogP contribution in [0.25, 0.3) is 0 Å². The molecule has 0 saturated heterocycles. The van der Waals surface area contributed by atoms with Crippen molar-refractivity contribution in [2.24, 2.45) is 5.73 Å². The molecule has 1 heterocycles. The second kappa shape index (κ2) is 3.41. The number of aryl methyl sites for hydroxylation is 1. The molecule has 0 aliphatic heterocycles. The Kier molecular flexibility index (Phi) is 2.37. The molecule has 78 valence electrons. The van der Waals surface area contributed by atoms with Crippen LogP contribution >= 0.6 is 0 Å². The number of nitrogens with one attached hydrogen (secondary N) is 1. The fraction of sp³-hybridized carbons (Fsp3) is 0.636. The molecular weight excluding hydrogens is 176 g/mol. The van der Waals surface area contributed by atoms with Crippen molar-refractivity contribution in [3.05, 3.63) is 23.5 Å². The van der Waals surface area contributed by atoms with Crippen molar-refractivity contribution in [2.45, 2.75) is 44.2 Å². The van der Waals surface area contributed by atoms with Crippen molar-refractivity contribution in [1.82, 2.24) is 4.98 Å². The van der Waals surface area contributed by atoms with Crippen LogP contribution < -0.4 is 5.73 Å². The SMILES string of the molecule is CCCC(N)C1(O)CCc2[nH]ccc21. The van der Waals surface area contributed by atoms with Gasteiger partial charge in [0.1, 0.15) is 5.60 Å². The molecule has 0 bridgehead atoms. The van der Waals surface area contributed by atoms with Crippen molar-refractivity contribution in [3.63, 3.8) is 0 Å². The zero-order chi connectivity index (χ0) is 10.2. The molecule has 0 spiro atoms. The molecular formula is C11H18N2O. The maximum atomic E-state index is 10.5. The minimum absolute atomic E-state index is 0.135. The van der Waals surface area contributed by atoms with Gasteiger partial charge in [-0.1, -0.05) is 13.3 Å².